The molecule has 0 radical (unpaired) electrons. The van der Waals surface area contributed by atoms with Gasteiger partial charge < -0.3 is 9.15 Å². The third kappa shape index (κ3) is 8.68. The van der Waals surface area contributed by atoms with Crippen molar-refractivity contribution < 1.29 is 21.9 Å². The van der Waals surface area contributed by atoms with E-state index in [1.807, 2.05) is 77.5 Å². The van der Waals surface area contributed by atoms with Crippen LogP contribution >= 0.6 is 0 Å². The molecule has 0 amide bonds. The Labute approximate surface area is 521 Å². The van der Waals surface area contributed by atoms with Crippen LogP contribution in [0.5, 0.6) is 11.5 Å². The van der Waals surface area contributed by atoms with Gasteiger partial charge in [-0.2, -0.15) is 0 Å². The molecule has 0 aliphatic carbocycles. The Hall–Kier alpha value is -10.6. The second-order valence-corrected chi connectivity index (χ2v) is 25.3. The van der Waals surface area contributed by atoms with Crippen LogP contribution in [-0.2, 0) is 10.8 Å². The van der Waals surface area contributed by atoms with Gasteiger partial charge in [0.15, 0.2) is 0 Å². The zero-order valence-corrected chi connectivity index (χ0v) is 49.7. The first-order chi connectivity index (χ1) is 45.1. The number of para-hydroxylation sites is 3. The van der Waals surface area contributed by atoms with E-state index in [1.165, 1.54) is 29.3 Å². The first-order valence-electron chi connectivity index (χ1n) is 33.0. The third-order valence-corrected chi connectivity index (χ3v) is 17.8. The molecule has 16 rings (SSSR count). The standard InChI is InChI=1S/C82H64N4O2/c1-50-18-15-19-51(2)78(50)68-27-17-26-67-69-42-53(52-30-34-56(35-31-52)81(3,4)5)32-37-63(69)61-22-9-10-23-62(61)71-44-55(54-33-39-76-70(43-54)66-25-12-14-29-75(66)88-76)45-74-80(71)85(79(67)68)49-84(74)58-20-16-21-59(47-58)87-60-36-38-65-64-24-11-13-28-72(64)86(73(65)48-60)77-46-57(40-41-83-77)82(6,7)8/h9-48H,1-8H3/i1D3,2D3. The van der Waals surface area contributed by atoms with Gasteiger partial charge in [-0.05, 0) is 192 Å². The van der Waals surface area contributed by atoms with Crippen LogP contribution in [0.2, 0.25) is 0 Å². The number of ether oxygens (including phenoxy) is 1. The molecule has 15 aromatic rings. The number of aryl methyl sites for hydroxylation is 2. The summed E-state index contributed by atoms with van der Waals surface area (Å²) in [6.07, 6.45) is 5.81. The molecule has 0 N–H and O–H groups in total. The lowest BCUT2D eigenvalue weighted by atomic mass is 9.84. The fraction of sp³-hybridized carbons (Fsp3) is 0.122. The molecule has 0 unspecified atom stereocenters. The number of rotatable bonds is 7. The summed E-state index contributed by atoms with van der Waals surface area (Å²) < 4.78 is 74.3. The molecular formula is C82H64N4O2. The Balaban J connectivity index is 0.977. The molecule has 0 saturated heterocycles. The number of nitrogens with zero attached hydrogens (tertiary/aromatic N) is 4. The predicted octanol–water partition coefficient (Wildman–Crippen LogP) is 21.4. The maximum atomic E-state index is 9.09. The minimum Gasteiger partial charge on any atom is -0.458 e. The highest BCUT2D eigenvalue weighted by atomic mass is 16.5. The fourth-order valence-corrected chi connectivity index (χ4v) is 13.3. The molecule has 0 saturated carbocycles. The SMILES string of the molecule is [2H]C([2H])([2H])c1cccc(C([2H])([2H])[2H])c1-c1cccc2c1-[n+]1[c-]n(-c3cccc(Oc4ccc5c6ccccc6n(-c6cc(C(C)(C)C)ccn6)c5c4)c3)c3cc(-c4ccc5oc6ccccc6c5c4)cc(c31)-c1ccccc1-c1ccc(-c3ccc(C(C)(C)C)cc3)cc1-2. The van der Waals surface area contributed by atoms with E-state index in [1.54, 1.807) is 0 Å². The number of pyridine rings is 1. The summed E-state index contributed by atoms with van der Waals surface area (Å²) in [5.74, 6) is 2.01. The summed E-state index contributed by atoms with van der Waals surface area (Å²) in [5.41, 5.74) is 18.2. The summed E-state index contributed by atoms with van der Waals surface area (Å²) in [5, 5.41) is 4.17. The predicted molar refractivity (Wildman–Crippen MR) is 363 cm³/mol. The van der Waals surface area contributed by atoms with Gasteiger partial charge in [0, 0.05) is 42.0 Å². The molecule has 4 aromatic heterocycles. The van der Waals surface area contributed by atoms with E-state index in [0.717, 1.165) is 122 Å². The summed E-state index contributed by atoms with van der Waals surface area (Å²) in [6.45, 7) is 7.84. The highest BCUT2D eigenvalue weighted by Crippen LogP contribution is 2.49. The molecule has 6 nitrogen and oxygen atoms in total. The number of hydrogen-bond acceptors (Lipinski definition) is 3. The molecule has 0 atom stereocenters. The second kappa shape index (κ2) is 20.0. The largest absolute Gasteiger partial charge is 0.458 e. The number of imidazole rings is 1. The van der Waals surface area contributed by atoms with Gasteiger partial charge in [-0.15, -0.1) is 0 Å². The van der Waals surface area contributed by atoms with E-state index in [2.05, 4.69) is 209 Å². The molecule has 5 heterocycles. The first-order valence-corrected chi connectivity index (χ1v) is 30.0. The average molecular weight is 1140 g/mol. The first kappa shape index (κ1) is 46.7. The number of fused-ring (bicyclic) bond motifs is 13. The van der Waals surface area contributed by atoms with Gasteiger partial charge in [-0.3, -0.25) is 13.7 Å². The van der Waals surface area contributed by atoms with Crippen LogP contribution in [0, 0.1) is 20.0 Å². The minimum atomic E-state index is -2.71. The summed E-state index contributed by atoms with van der Waals surface area (Å²) in [6, 6.07) is 80.0. The van der Waals surface area contributed by atoms with E-state index in [0.29, 0.717) is 22.7 Å². The van der Waals surface area contributed by atoms with Crippen LogP contribution in [0.4, 0.5) is 0 Å². The zero-order valence-electron chi connectivity index (χ0n) is 55.7. The number of aromatic nitrogens is 4. The lowest BCUT2D eigenvalue weighted by Crippen LogP contribution is -2.32. The molecule has 424 valence electrons. The molecule has 88 heavy (non-hydrogen) atoms. The van der Waals surface area contributed by atoms with Gasteiger partial charge in [0.2, 0.25) is 0 Å². The van der Waals surface area contributed by atoms with Crippen LogP contribution in [-0.4, -0.2) is 14.1 Å². The minimum absolute atomic E-state index is 0.0597. The molecule has 0 bridgehead atoms. The van der Waals surface area contributed by atoms with Crippen molar-refractivity contribution in [2.45, 2.75) is 66.1 Å². The van der Waals surface area contributed by atoms with E-state index in [9.17, 15) is 0 Å². The molecule has 6 heteroatoms. The average Bonchev–Trinajstić information content (AvgIpc) is 1.50. The van der Waals surface area contributed by atoms with Crippen LogP contribution in [0.3, 0.4) is 0 Å². The monoisotopic (exact) mass is 1140 g/mol. The van der Waals surface area contributed by atoms with E-state index >= 15 is 0 Å². The van der Waals surface area contributed by atoms with E-state index in [4.69, 9.17) is 22.4 Å². The molecule has 0 spiro atoms. The van der Waals surface area contributed by atoms with Crippen molar-refractivity contribution in [2.75, 3.05) is 0 Å². The van der Waals surface area contributed by atoms with Gasteiger partial charge >= 0.3 is 0 Å². The molecule has 11 aromatic carbocycles. The Morgan fingerprint density at radius 1 is 0.443 bits per heavy atom. The van der Waals surface area contributed by atoms with Crippen molar-refractivity contribution >= 4 is 54.8 Å². The Kier molecular flexibility index (Phi) is 10.6. The zero-order chi connectivity index (χ0) is 64.7. The topological polar surface area (TPSA) is 49.0 Å². The van der Waals surface area contributed by atoms with E-state index in [-0.39, 0.29) is 27.5 Å². The highest BCUT2D eigenvalue weighted by Gasteiger charge is 2.29. The van der Waals surface area contributed by atoms with Crippen molar-refractivity contribution in [2.24, 2.45) is 0 Å². The maximum absolute atomic E-state index is 9.09. The quantitative estimate of drug-likeness (QED) is 0.118. The van der Waals surface area contributed by atoms with Crippen molar-refractivity contribution in [1.29, 1.82) is 0 Å². The molecular weight excluding hydrogens is 1070 g/mol. The fourth-order valence-electron chi connectivity index (χ4n) is 13.3. The molecule has 0 fully saturated rings. The van der Waals surface area contributed by atoms with Crippen molar-refractivity contribution in [3.05, 3.63) is 271 Å². The number of furan rings is 1. The lowest BCUT2D eigenvalue weighted by Gasteiger charge is -2.21. The Morgan fingerprint density at radius 2 is 1.08 bits per heavy atom. The number of hydrogen-bond donors (Lipinski definition) is 0. The summed E-state index contributed by atoms with van der Waals surface area (Å²) in [7, 11) is 0. The van der Waals surface area contributed by atoms with Crippen LogP contribution in [0.15, 0.2) is 247 Å². The maximum Gasteiger partial charge on any atom is 0.269 e. The van der Waals surface area contributed by atoms with Crippen molar-refractivity contribution in [3.8, 4) is 95.5 Å². The van der Waals surface area contributed by atoms with Gasteiger partial charge in [0.05, 0.1) is 33.4 Å². The second-order valence-electron chi connectivity index (χ2n) is 25.3. The van der Waals surface area contributed by atoms with Crippen LogP contribution < -0.4 is 9.30 Å². The Bertz CT molecular complexity index is 5560. The van der Waals surface area contributed by atoms with Crippen LogP contribution in [0.1, 0.15) is 72.0 Å². The lowest BCUT2D eigenvalue weighted by molar-refractivity contribution is -0.570. The number of benzene rings is 11. The van der Waals surface area contributed by atoms with Gasteiger partial charge in [0.1, 0.15) is 28.5 Å². The van der Waals surface area contributed by atoms with Gasteiger partial charge in [-0.25, -0.2) is 4.98 Å². The molecule has 1 aliphatic rings. The van der Waals surface area contributed by atoms with Gasteiger partial charge in [0.25, 0.3) is 6.33 Å². The van der Waals surface area contributed by atoms with Gasteiger partial charge in [-0.1, -0.05) is 193 Å². The van der Waals surface area contributed by atoms with Crippen molar-refractivity contribution in [1.82, 2.24) is 14.1 Å². The third-order valence-electron chi connectivity index (χ3n) is 17.8. The molecule has 1 aliphatic heterocycles. The van der Waals surface area contributed by atoms with Crippen LogP contribution in [0.25, 0.3) is 139 Å². The normalized spacial score (nSPS) is 13.6. The van der Waals surface area contributed by atoms with Crippen molar-refractivity contribution in [3.63, 3.8) is 0 Å². The summed E-state index contributed by atoms with van der Waals surface area (Å²) in [4.78, 5) is 4.94. The highest BCUT2D eigenvalue weighted by molar-refractivity contribution is 6.10. The Morgan fingerprint density at radius 3 is 1.89 bits per heavy atom. The van der Waals surface area contributed by atoms with E-state index < -0.39 is 13.7 Å². The summed E-state index contributed by atoms with van der Waals surface area (Å²) >= 11 is 0. The smallest absolute Gasteiger partial charge is 0.269 e.